The Morgan fingerprint density at radius 2 is 0.952 bits per heavy atom. The molecule has 3 rings (SSSR count). The van der Waals surface area contributed by atoms with Gasteiger partial charge in [0.1, 0.15) is 0 Å². The summed E-state index contributed by atoms with van der Waals surface area (Å²) in [5.41, 5.74) is 5.70. The third-order valence-electron chi connectivity index (χ3n) is 4.23. The van der Waals surface area contributed by atoms with Gasteiger partial charge >= 0.3 is 0 Å². The predicted molar refractivity (Wildman–Crippen MR) is 99.4 cm³/mol. The third kappa shape index (κ3) is 2.52. The predicted octanol–water partition coefficient (Wildman–Crippen LogP) is 7.06. The zero-order chi connectivity index (χ0) is 15.3. The maximum atomic E-state index is 2.34. The van der Waals surface area contributed by atoms with Crippen LogP contribution in [-0.2, 0) is 0 Å². The van der Waals surface area contributed by atoms with E-state index in [9.17, 15) is 0 Å². The quantitative estimate of drug-likeness (QED) is 0.471. The van der Waals surface area contributed by atoms with Gasteiger partial charge in [-0.05, 0) is 75.9 Å². The molecule has 0 fully saturated rings. The molecule has 0 saturated carbocycles. The first-order chi connectivity index (χ1) is 9.88. The van der Waals surface area contributed by atoms with E-state index in [1.807, 2.05) is 34.0 Å². The third-order valence-corrected chi connectivity index (χ3v) is 8.29. The molecular formula is C18H20S3. The minimum atomic E-state index is 1.41. The fourth-order valence-corrected chi connectivity index (χ4v) is 6.13. The minimum Gasteiger partial charge on any atom is -0.139 e. The van der Waals surface area contributed by atoms with Crippen LogP contribution in [0.3, 0.4) is 0 Å². The van der Waals surface area contributed by atoms with Crippen LogP contribution in [0, 0.1) is 41.5 Å². The molecule has 0 atom stereocenters. The largest absolute Gasteiger partial charge is 0.139 e. The summed E-state index contributed by atoms with van der Waals surface area (Å²) in [6.45, 7) is 13.4. The molecule has 21 heavy (non-hydrogen) atoms. The summed E-state index contributed by atoms with van der Waals surface area (Å²) in [7, 11) is 0. The molecule has 110 valence electrons. The first-order valence-corrected chi connectivity index (χ1v) is 9.58. The van der Waals surface area contributed by atoms with Crippen LogP contribution >= 0.6 is 34.0 Å². The molecule has 0 saturated heterocycles. The van der Waals surface area contributed by atoms with Gasteiger partial charge in [-0.15, -0.1) is 34.0 Å². The molecule has 0 bridgehead atoms. The van der Waals surface area contributed by atoms with Crippen molar-refractivity contribution in [3.8, 4) is 19.5 Å². The summed E-state index contributed by atoms with van der Waals surface area (Å²) >= 11 is 5.80. The molecule has 0 nitrogen and oxygen atoms in total. The van der Waals surface area contributed by atoms with Crippen molar-refractivity contribution < 1.29 is 0 Å². The maximum Gasteiger partial charge on any atom is 0.0481 e. The first kappa shape index (κ1) is 15.0. The molecule has 3 aromatic heterocycles. The van der Waals surface area contributed by atoms with Gasteiger partial charge in [0.05, 0.1) is 0 Å². The monoisotopic (exact) mass is 332 g/mol. The second-order valence-electron chi connectivity index (χ2n) is 5.71. The van der Waals surface area contributed by atoms with E-state index in [1.54, 1.807) is 0 Å². The van der Waals surface area contributed by atoms with Crippen LogP contribution in [-0.4, -0.2) is 0 Å². The summed E-state index contributed by atoms with van der Waals surface area (Å²) in [4.78, 5) is 8.61. The molecule has 0 spiro atoms. The molecule has 0 amide bonds. The Bertz CT molecular complexity index is 706. The number of aryl methyl sites for hydroxylation is 4. The molecule has 0 N–H and O–H groups in total. The minimum absolute atomic E-state index is 1.41. The second-order valence-corrected chi connectivity index (χ2v) is 9.24. The molecule has 0 unspecified atom stereocenters. The van der Waals surface area contributed by atoms with Gasteiger partial charge in [0, 0.05) is 29.3 Å². The molecule has 0 radical (unpaired) electrons. The Hall–Kier alpha value is -0.900. The molecule has 3 heterocycles. The molecule has 3 aromatic rings. The van der Waals surface area contributed by atoms with Crippen LogP contribution in [0.25, 0.3) is 19.5 Å². The maximum absolute atomic E-state index is 2.34. The standard InChI is InChI=1S/C18H20S3/c1-9-7-15(19-13(9)5)17-11(3)12(4)18(21-17)16-8-10(2)14(6)20-16/h7-8H,1-6H3. The van der Waals surface area contributed by atoms with Gasteiger partial charge < -0.3 is 0 Å². The van der Waals surface area contributed by atoms with Crippen LogP contribution in [0.5, 0.6) is 0 Å². The highest BCUT2D eigenvalue weighted by Crippen LogP contribution is 2.46. The van der Waals surface area contributed by atoms with Gasteiger partial charge in [0.15, 0.2) is 0 Å². The number of thiophene rings is 3. The lowest BCUT2D eigenvalue weighted by molar-refractivity contribution is 1.40. The fraction of sp³-hybridized carbons (Fsp3) is 0.333. The SMILES string of the molecule is Cc1cc(-c2sc(-c3cc(C)c(C)s3)c(C)c2C)sc1C. The summed E-state index contributed by atoms with van der Waals surface area (Å²) in [6.07, 6.45) is 0. The van der Waals surface area contributed by atoms with E-state index in [-0.39, 0.29) is 0 Å². The smallest absolute Gasteiger partial charge is 0.0481 e. The van der Waals surface area contributed by atoms with Crippen molar-refractivity contribution >= 4 is 34.0 Å². The highest BCUT2D eigenvalue weighted by Gasteiger charge is 2.18. The van der Waals surface area contributed by atoms with Crippen LogP contribution in [0.15, 0.2) is 12.1 Å². The molecule has 0 aromatic carbocycles. The van der Waals surface area contributed by atoms with Crippen molar-refractivity contribution in [3.05, 3.63) is 44.1 Å². The Morgan fingerprint density at radius 1 is 0.571 bits per heavy atom. The van der Waals surface area contributed by atoms with Crippen molar-refractivity contribution in [2.24, 2.45) is 0 Å². The molecule has 3 heteroatoms. The van der Waals surface area contributed by atoms with E-state index < -0.39 is 0 Å². The van der Waals surface area contributed by atoms with Crippen LogP contribution in [0.2, 0.25) is 0 Å². The van der Waals surface area contributed by atoms with Gasteiger partial charge in [-0.1, -0.05) is 0 Å². The summed E-state index contributed by atoms with van der Waals surface area (Å²) in [5, 5.41) is 0. The van der Waals surface area contributed by atoms with E-state index >= 15 is 0 Å². The summed E-state index contributed by atoms with van der Waals surface area (Å²) in [5.74, 6) is 0. The molecule has 0 aliphatic heterocycles. The number of hydrogen-bond donors (Lipinski definition) is 0. The van der Waals surface area contributed by atoms with Crippen molar-refractivity contribution in [3.63, 3.8) is 0 Å². The van der Waals surface area contributed by atoms with Crippen LogP contribution < -0.4 is 0 Å². The Kier molecular flexibility index (Phi) is 3.85. The summed E-state index contributed by atoms with van der Waals surface area (Å²) < 4.78 is 0. The van der Waals surface area contributed by atoms with Crippen molar-refractivity contribution in [2.75, 3.05) is 0 Å². The number of hydrogen-bond acceptors (Lipinski definition) is 3. The van der Waals surface area contributed by atoms with Gasteiger partial charge in [-0.25, -0.2) is 0 Å². The highest BCUT2D eigenvalue weighted by atomic mass is 32.1. The van der Waals surface area contributed by atoms with Crippen LogP contribution in [0.1, 0.15) is 32.0 Å². The Balaban J connectivity index is 2.15. The lowest BCUT2D eigenvalue weighted by Crippen LogP contribution is -1.76. The van der Waals surface area contributed by atoms with Gasteiger partial charge in [0.2, 0.25) is 0 Å². The van der Waals surface area contributed by atoms with E-state index in [4.69, 9.17) is 0 Å². The van der Waals surface area contributed by atoms with Gasteiger partial charge in [0.25, 0.3) is 0 Å². The van der Waals surface area contributed by atoms with Gasteiger partial charge in [-0.2, -0.15) is 0 Å². The van der Waals surface area contributed by atoms with E-state index in [2.05, 4.69) is 53.7 Å². The molecule has 0 aliphatic rings. The normalized spacial score (nSPS) is 11.3. The van der Waals surface area contributed by atoms with Crippen LogP contribution in [0.4, 0.5) is 0 Å². The van der Waals surface area contributed by atoms with E-state index in [1.165, 1.54) is 51.5 Å². The Labute approximate surface area is 139 Å². The molecular weight excluding hydrogens is 312 g/mol. The average Bonchev–Trinajstić information content (AvgIpc) is 3.02. The lowest BCUT2D eigenvalue weighted by Gasteiger charge is -1.95. The topological polar surface area (TPSA) is 0 Å². The zero-order valence-corrected chi connectivity index (χ0v) is 15.8. The average molecular weight is 333 g/mol. The second kappa shape index (κ2) is 5.38. The van der Waals surface area contributed by atoms with E-state index in [0.717, 1.165) is 0 Å². The zero-order valence-electron chi connectivity index (χ0n) is 13.4. The summed E-state index contributed by atoms with van der Waals surface area (Å²) in [6, 6.07) is 4.68. The van der Waals surface area contributed by atoms with Crippen molar-refractivity contribution in [1.29, 1.82) is 0 Å². The highest BCUT2D eigenvalue weighted by molar-refractivity contribution is 7.26. The molecule has 0 aliphatic carbocycles. The number of rotatable bonds is 2. The first-order valence-electron chi connectivity index (χ1n) is 7.13. The van der Waals surface area contributed by atoms with Crippen molar-refractivity contribution in [1.82, 2.24) is 0 Å². The van der Waals surface area contributed by atoms with Gasteiger partial charge in [-0.3, -0.25) is 0 Å². The lowest BCUT2D eigenvalue weighted by atomic mass is 10.1. The Morgan fingerprint density at radius 3 is 1.24 bits per heavy atom. The van der Waals surface area contributed by atoms with E-state index in [0.29, 0.717) is 0 Å². The van der Waals surface area contributed by atoms with Crippen molar-refractivity contribution in [2.45, 2.75) is 41.5 Å². The fourth-order valence-electron chi connectivity index (χ4n) is 2.44.